The van der Waals surface area contributed by atoms with E-state index in [1.165, 1.54) is 69.8 Å². The van der Waals surface area contributed by atoms with Crippen LogP contribution in [0.25, 0.3) is 0 Å². The van der Waals surface area contributed by atoms with Crippen LogP contribution in [-0.2, 0) is 22.4 Å². The minimum absolute atomic E-state index is 0.242. The fraction of sp³-hybridized carbons (Fsp3) is 0.727. The lowest BCUT2D eigenvalue weighted by Crippen LogP contribution is -2.06. The first-order valence-corrected chi connectivity index (χ1v) is 15.7. The van der Waals surface area contributed by atoms with Crippen molar-refractivity contribution in [1.82, 2.24) is 0 Å². The summed E-state index contributed by atoms with van der Waals surface area (Å²) in [5.74, 6) is -2.25. The van der Waals surface area contributed by atoms with Crippen molar-refractivity contribution in [3.8, 4) is 0 Å². The molecule has 0 amide bonds. The lowest BCUT2D eigenvalue weighted by atomic mass is 9.92. The van der Waals surface area contributed by atoms with Crippen molar-refractivity contribution in [2.75, 3.05) is 0 Å². The number of carboxylic acid groups (broad SMARTS) is 3. The third-order valence-electron chi connectivity index (χ3n) is 7.66. The molecule has 39 heavy (non-hydrogen) atoms. The van der Waals surface area contributed by atoms with E-state index in [-0.39, 0.29) is 6.42 Å². The first-order chi connectivity index (χ1) is 18.9. The maximum atomic E-state index is 11.8. The molecule has 0 fully saturated rings. The van der Waals surface area contributed by atoms with Crippen molar-refractivity contribution in [2.45, 2.75) is 154 Å². The SMILES string of the molecule is O=C(O)CCCCCCCCCCCCCCCCCc1c(CCCCCCCC(=O)O)cccc1C(=O)O. The van der Waals surface area contributed by atoms with Gasteiger partial charge in [-0.3, -0.25) is 9.59 Å². The van der Waals surface area contributed by atoms with Crippen LogP contribution in [0.1, 0.15) is 163 Å². The number of rotatable bonds is 27. The number of hydrogen-bond donors (Lipinski definition) is 3. The van der Waals surface area contributed by atoms with Gasteiger partial charge in [0.2, 0.25) is 0 Å². The van der Waals surface area contributed by atoms with E-state index < -0.39 is 17.9 Å². The third kappa shape index (κ3) is 19.4. The lowest BCUT2D eigenvalue weighted by Gasteiger charge is -2.13. The van der Waals surface area contributed by atoms with Gasteiger partial charge in [-0.1, -0.05) is 115 Å². The topological polar surface area (TPSA) is 112 Å². The Hall–Kier alpha value is -2.37. The molecule has 3 N–H and O–H groups in total. The molecule has 0 saturated heterocycles. The van der Waals surface area contributed by atoms with E-state index in [2.05, 4.69) is 6.07 Å². The number of carbonyl (C=O) groups is 3. The average Bonchev–Trinajstić information content (AvgIpc) is 2.89. The largest absolute Gasteiger partial charge is 0.481 e. The molecule has 0 aliphatic carbocycles. The molecule has 0 saturated carbocycles. The zero-order chi connectivity index (χ0) is 28.6. The second-order valence-electron chi connectivity index (χ2n) is 11.1. The summed E-state index contributed by atoms with van der Waals surface area (Å²) in [6.45, 7) is 0. The average molecular weight is 547 g/mol. The Bertz CT molecular complexity index is 803. The molecular formula is C33H54O6. The van der Waals surface area contributed by atoms with Crippen molar-refractivity contribution >= 4 is 17.9 Å². The van der Waals surface area contributed by atoms with Gasteiger partial charge in [-0.25, -0.2) is 4.79 Å². The van der Waals surface area contributed by atoms with Crippen LogP contribution in [-0.4, -0.2) is 33.2 Å². The van der Waals surface area contributed by atoms with E-state index in [0.29, 0.717) is 12.0 Å². The summed E-state index contributed by atoms with van der Waals surface area (Å²) in [7, 11) is 0. The van der Waals surface area contributed by atoms with E-state index in [1.807, 2.05) is 6.07 Å². The molecule has 0 radical (unpaired) electrons. The predicted molar refractivity (Wildman–Crippen MR) is 158 cm³/mol. The maximum absolute atomic E-state index is 11.8. The van der Waals surface area contributed by atoms with Gasteiger partial charge in [0.15, 0.2) is 0 Å². The van der Waals surface area contributed by atoms with Crippen LogP contribution in [0.4, 0.5) is 0 Å². The summed E-state index contributed by atoms with van der Waals surface area (Å²) >= 11 is 0. The maximum Gasteiger partial charge on any atom is 0.335 e. The van der Waals surface area contributed by atoms with Gasteiger partial charge < -0.3 is 15.3 Å². The number of carboxylic acids is 3. The molecule has 0 spiro atoms. The van der Waals surface area contributed by atoms with Crippen LogP contribution >= 0.6 is 0 Å². The molecule has 0 heterocycles. The summed E-state index contributed by atoms with van der Waals surface area (Å²) in [5, 5.41) is 27.1. The fourth-order valence-corrected chi connectivity index (χ4v) is 5.36. The summed E-state index contributed by atoms with van der Waals surface area (Å²) in [6.07, 6.45) is 25.0. The van der Waals surface area contributed by atoms with Crippen molar-refractivity contribution in [3.63, 3.8) is 0 Å². The third-order valence-corrected chi connectivity index (χ3v) is 7.66. The van der Waals surface area contributed by atoms with Crippen LogP contribution in [0.2, 0.25) is 0 Å². The van der Waals surface area contributed by atoms with E-state index in [1.54, 1.807) is 6.07 Å². The molecule has 0 unspecified atom stereocenters. The van der Waals surface area contributed by atoms with Crippen molar-refractivity contribution < 1.29 is 29.7 Å². The Morgan fingerprint density at radius 2 is 0.821 bits per heavy atom. The van der Waals surface area contributed by atoms with Crippen LogP contribution in [0, 0.1) is 0 Å². The highest BCUT2D eigenvalue weighted by Crippen LogP contribution is 2.22. The Morgan fingerprint density at radius 3 is 1.21 bits per heavy atom. The van der Waals surface area contributed by atoms with Gasteiger partial charge in [0.05, 0.1) is 5.56 Å². The van der Waals surface area contributed by atoms with Gasteiger partial charge in [-0.05, 0) is 55.7 Å². The standard InChI is InChI=1S/C33H54O6/c34-31(35)26-19-15-11-9-7-5-3-1-2-4-6-8-10-14-18-24-29-28(23-21-25-30(29)33(38)39)22-17-13-12-16-20-27-32(36)37/h21,23,25H,1-20,22,24,26-27H2,(H,34,35)(H,36,37)(H,38,39). The first-order valence-electron chi connectivity index (χ1n) is 15.7. The van der Waals surface area contributed by atoms with E-state index in [0.717, 1.165) is 82.6 Å². The Morgan fingerprint density at radius 1 is 0.462 bits per heavy atom. The minimum Gasteiger partial charge on any atom is -0.481 e. The van der Waals surface area contributed by atoms with Crippen molar-refractivity contribution in [2.24, 2.45) is 0 Å². The molecule has 0 atom stereocenters. The molecule has 0 aliphatic rings. The Kier molecular flexibility index (Phi) is 20.9. The molecular weight excluding hydrogens is 492 g/mol. The first kappa shape index (κ1) is 34.7. The zero-order valence-corrected chi connectivity index (χ0v) is 24.3. The Balaban J connectivity index is 2.11. The molecule has 0 bridgehead atoms. The van der Waals surface area contributed by atoms with Gasteiger partial charge in [0.25, 0.3) is 0 Å². The highest BCUT2D eigenvalue weighted by atomic mass is 16.4. The molecule has 6 nitrogen and oxygen atoms in total. The number of benzene rings is 1. The number of hydrogen-bond acceptors (Lipinski definition) is 3. The molecule has 1 rings (SSSR count). The number of aryl methyl sites for hydroxylation is 1. The second-order valence-corrected chi connectivity index (χ2v) is 11.1. The number of aromatic carboxylic acids is 1. The quantitative estimate of drug-likeness (QED) is 0.0948. The van der Waals surface area contributed by atoms with Crippen LogP contribution < -0.4 is 0 Å². The van der Waals surface area contributed by atoms with E-state index in [9.17, 15) is 19.5 Å². The van der Waals surface area contributed by atoms with Gasteiger partial charge in [0.1, 0.15) is 0 Å². The molecule has 222 valence electrons. The monoisotopic (exact) mass is 546 g/mol. The van der Waals surface area contributed by atoms with Crippen LogP contribution in [0.3, 0.4) is 0 Å². The summed E-state index contributed by atoms with van der Waals surface area (Å²) in [5.41, 5.74) is 2.63. The predicted octanol–water partition coefficient (Wildman–Crippen LogP) is 9.22. The zero-order valence-electron chi connectivity index (χ0n) is 24.3. The fourth-order valence-electron chi connectivity index (χ4n) is 5.36. The highest BCUT2D eigenvalue weighted by Gasteiger charge is 2.13. The van der Waals surface area contributed by atoms with Gasteiger partial charge in [-0.2, -0.15) is 0 Å². The second kappa shape index (κ2) is 23.5. The van der Waals surface area contributed by atoms with Crippen molar-refractivity contribution in [3.05, 3.63) is 34.9 Å². The summed E-state index contributed by atoms with van der Waals surface area (Å²) in [4.78, 5) is 32.9. The normalized spacial score (nSPS) is 11.1. The molecule has 1 aromatic carbocycles. The highest BCUT2D eigenvalue weighted by molar-refractivity contribution is 5.89. The minimum atomic E-state index is -0.837. The molecule has 0 aromatic heterocycles. The summed E-state index contributed by atoms with van der Waals surface area (Å²) in [6, 6.07) is 5.67. The van der Waals surface area contributed by atoms with E-state index >= 15 is 0 Å². The van der Waals surface area contributed by atoms with Crippen molar-refractivity contribution in [1.29, 1.82) is 0 Å². The van der Waals surface area contributed by atoms with Crippen LogP contribution in [0.5, 0.6) is 0 Å². The van der Waals surface area contributed by atoms with Gasteiger partial charge in [-0.15, -0.1) is 0 Å². The molecule has 6 heteroatoms. The van der Waals surface area contributed by atoms with Gasteiger partial charge >= 0.3 is 17.9 Å². The Labute approximate surface area is 236 Å². The summed E-state index contributed by atoms with van der Waals surface area (Å²) < 4.78 is 0. The smallest absolute Gasteiger partial charge is 0.335 e. The van der Waals surface area contributed by atoms with E-state index in [4.69, 9.17) is 10.2 Å². The number of aliphatic carboxylic acids is 2. The lowest BCUT2D eigenvalue weighted by molar-refractivity contribution is -0.138. The number of unbranched alkanes of at least 4 members (excludes halogenated alkanes) is 18. The van der Waals surface area contributed by atoms with Crippen LogP contribution in [0.15, 0.2) is 18.2 Å². The molecule has 0 aliphatic heterocycles. The molecule has 1 aromatic rings. The van der Waals surface area contributed by atoms with Gasteiger partial charge in [0, 0.05) is 12.8 Å².